The minimum absolute atomic E-state index is 0.114. The number of benzene rings is 2. The molecule has 2 aromatic carbocycles. The normalized spacial score (nSPS) is 11.2. The monoisotopic (exact) mass is 443 g/mol. The van der Waals surface area contributed by atoms with E-state index in [2.05, 4.69) is 15.5 Å². The molecular weight excluding hydrogens is 426 g/mol. The standard InChI is InChI=1S/C21H18ClN3O4S/c1-28-25-18(16-13-30-21(23-16)24-17(26)12-22)20(27)29-19(14-8-4-2-5-9-14)15-10-6-3-7-11-15/h2-11,13,19H,12H2,1H3,(H,23,24,26)/b25-18-. The van der Waals surface area contributed by atoms with E-state index in [1.54, 1.807) is 5.38 Å². The Kier molecular flexibility index (Phi) is 7.53. The van der Waals surface area contributed by atoms with Crippen molar-refractivity contribution in [1.29, 1.82) is 0 Å². The quantitative estimate of drug-likeness (QED) is 0.246. The van der Waals surface area contributed by atoms with E-state index in [4.69, 9.17) is 21.2 Å². The Morgan fingerprint density at radius 1 is 1.10 bits per heavy atom. The van der Waals surface area contributed by atoms with Crippen LogP contribution in [0.2, 0.25) is 0 Å². The van der Waals surface area contributed by atoms with Crippen LogP contribution in [0.25, 0.3) is 0 Å². The first-order valence-corrected chi connectivity index (χ1v) is 10.3. The van der Waals surface area contributed by atoms with Gasteiger partial charge < -0.3 is 14.9 Å². The Morgan fingerprint density at radius 3 is 2.23 bits per heavy atom. The van der Waals surface area contributed by atoms with E-state index in [1.807, 2.05) is 60.7 Å². The molecule has 154 valence electrons. The summed E-state index contributed by atoms with van der Waals surface area (Å²) in [5.74, 6) is -1.32. The molecule has 9 heteroatoms. The number of oxime groups is 1. The number of alkyl halides is 1. The second-order valence-corrected chi connectivity index (χ2v) is 7.07. The number of esters is 1. The van der Waals surface area contributed by atoms with Crippen LogP contribution in [0.15, 0.2) is 71.2 Å². The van der Waals surface area contributed by atoms with Gasteiger partial charge in [-0.1, -0.05) is 65.8 Å². The molecule has 0 aliphatic heterocycles. The average molecular weight is 444 g/mol. The molecular formula is C21H18ClN3O4S. The number of aromatic nitrogens is 1. The summed E-state index contributed by atoms with van der Waals surface area (Å²) < 4.78 is 5.81. The smallest absolute Gasteiger partial charge is 0.363 e. The largest absolute Gasteiger partial charge is 0.448 e. The van der Waals surface area contributed by atoms with Crippen LogP contribution in [0.4, 0.5) is 5.13 Å². The zero-order valence-electron chi connectivity index (χ0n) is 15.9. The highest BCUT2D eigenvalue weighted by Crippen LogP contribution is 2.27. The number of anilines is 1. The van der Waals surface area contributed by atoms with Crippen LogP contribution in [-0.4, -0.2) is 35.6 Å². The maximum Gasteiger partial charge on any atom is 0.363 e. The third-order valence-electron chi connectivity index (χ3n) is 3.92. The van der Waals surface area contributed by atoms with Crippen LogP contribution in [0.5, 0.6) is 0 Å². The fraction of sp³-hybridized carbons (Fsp3) is 0.143. The van der Waals surface area contributed by atoms with Gasteiger partial charge in [0.2, 0.25) is 11.6 Å². The van der Waals surface area contributed by atoms with Gasteiger partial charge >= 0.3 is 5.97 Å². The summed E-state index contributed by atoms with van der Waals surface area (Å²) in [5.41, 5.74) is 1.72. The lowest BCUT2D eigenvalue weighted by Crippen LogP contribution is -2.23. The van der Waals surface area contributed by atoms with E-state index in [-0.39, 0.29) is 22.4 Å². The molecule has 0 aliphatic carbocycles. The fourth-order valence-electron chi connectivity index (χ4n) is 2.62. The fourth-order valence-corrected chi connectivity index (χ4v) is 3.40. The molecule has 3 rings (SSSR count). The van der Waals surface area contributed by atoms with Gasteiger partial charge in [0.15, 0.2) is 11.2 Å². The van der Waals surface area contributed by atoms with Gasteiger partial charge in [0.05, 0.1) is 0 Å². The number of nitrogens with one attached hydrogen (secondary N) is 1. The molecule has 0 fully saturated rings. The first-order chi connectivity index (χ1) is 14.6. The summed E-state index contributed by atoms with van der Waals surface area (Å²) in [5, 5.41) is 8.18. The molecule has 1 heterocycles. The van der Waals surface area contributed by atoms with Gasteiger partial charge in [0.25, 0.3) is 0 Å². The van der Waals surface area contributed by atoms with Crippen molar-refractivity contribution in [3.05, 3.63) is 82.9 Å². The van der Waals surface area contributed by atoms with E-state index in [0.717, 1.165) is 22.5 Å². The number of amides is 1. The lowest BCUT2D eigenvalue weighted by molar-refractivity contribution is -0.139. The molecule has 0 unspecified atom stereocenters. The van der Waals surface area contributed by atoms with Crippen LogP contribution in [0.3, 0.4) is 0 Å². The number of carbonyl (C=O) groups excluding carboxylic acids is 2. The van der Waals surface area contributed by atoms with Gasteiger partial charge in [0, 0.05) is 5.38 Å². The number of carbonyl (C=O) groups is 2. The molecule has 0 aliphatic rings. The number of rotatable bonds is 8. The summed E-state index contributed by atoms with van der Waals surface area (Å²) in [6, 6.07) is 18.8. The first-order valence-electron chi connectivity index (χ1n) is 8.86. The van der Waals surface area contributed by atoms with Crippen LogP contribution < -0.4 is 5.32 Å². The molecule has 0 spiro atoms. The number of thiazole rings is 1. The van der Waals surface area contributed by atoms with Crippen molar-refractivity contribution in [1.82, 2.24) is 4.98 Å². The molecule has 1 amide bonds. The third-order valence-corrected chi connectivity index (χ3v) is 4.92. The van der Waals surface area contributed by atoms with Crippen molar-refractivity contribution in [3.63, 3.8) is 0 Å². The van der Waals surface area contributed by atoms with E-state index in [0.29, 0.717) is 0 Å². The van der Waals surface area contributed by atoms with E-state index in [9.17, 15) is 9.59 Å². The molecule has 3 aromatic rings. The molecule has 0 radical (unpaired) electrons. The van der Waals surface area contributed by atoms with Crippen LogP contribution >= 0.6 is 22.9 Å². The van der Waals surface area contributed by atoms with E-state index < -0.39 is 18.0 Å². The van der Waals surface area contributed by atoms with Crippen molar-refractivity contribution in [2.75, 3.05) is 18.3 Å². The van der Waals surface area contributed by atoms with Gasteiger partial charge in [0.1, 0.15) is 18.7 Å². The molecule has 1 N–H and O–H groups in total. The Morgan fingerprint density at radius 2 is 1.70 bits per heavy atom. The summed E-state index contributed by atoms with van der Waals surface area (Å²) in [4.78, 5) is 33.5. The lowest BCUT2D eigenvalue weighted by atomic mass is 10.0. The second kappa shape index (κ2) is 10.5. The minimum Gasteiger partial charge on any atom is -0.448 e. The van der Waals surface area contributed by atoms with Gasteiger partial charge in [-0.3, -0.25) is 4.79 Å². The molecule has 0 atom stereocenters. The third kappa shape index (κ3) is 5.43. The molecule has 1 aromatic heterocycles. The van der Waals surface area contributed by atoms with Crippen molar-refractivity contribution in [3.8, 4) is 0 Å². The SMILES string of the molecule is CO/N=C(\C(=O)OC(c1ccccc1)c1ccccc1)c1csc(NC(=O)CCl)n1. The Bertz CT molecular complexity index is 986. The van der Waals surface area contributed by atoms with Gasteiger partial charge in [-0.15, -0.1) is 22.9 Å². The number of hydrogen-bond acceptors (Lipinski definition) is 7. The molecule has 0 saturated heterocycles. The molecule has 0 bridgehead atoms. The lowest BCUT2D eigenvalue weighted by Gasteiger charge is -2.19. The zero-order valence-corrected chi connectivity index (χ0v) is 17.5. The number of nitrogens with zero attached hydrogens (tertiary/aromatic N) is 2. The summed E-state index contributed by atoms with van der Waals surface area (Å²) in [7, 11) is 1.32. The Hall–Kier alpha value is -3.23. The molecule has 30 heavy (non-hydrogen) atoms. The van der Waals surface area contributed by atoms with Crippen molar-refractivity contribution < 1.29 is 19.2 Å². The summed E-state index contributed by atoms with van der Waals surface area (Å²) in [6.07, 6.45) is -0.643. The van der Waals surface area contributed by atoms with Crippen molar-refractivity contribution in [2.45, 2.75) is 6.10 Å². The highest BCUT2D eigenvalue weighted by atomic mass is 35.5. The summed E-state index contributed by atoms with van der Waals surface area (Å²) >= 11 is 6.62. The van der Waals surface area contributed by atoms with Crippen molar-refractivity contribution >= 4 is 45.7 Å². The predicted octanol–water partition coefficient (Wildman–Crippen LogP) is 4.00. The maximum atomic E-state index is 13.0. The molecule has 7 nitrogen and oxygen atoms in total. The highest BCUT2D eigenvalue weighted by molar-refractivity contribution is 7.14. The van der Waals surface area contributed by atoms with Crippen LogP contribution in [0, 0.1) is 0 Å². The highest BCUT2D eigenvalue weighted by Gasteiger charge is 2.26. The van der Waals surface area contributed by atoms with E-state index >= 15 is 0 Å². The topological polar surface area (TPSA) is 89.9 Å². The van der Waals surface area contributed by atoms with Crippen LogP contribution in [0.1, 0.15) is 22.9 Å². The first kappa shape index (κ1) is 21.5. The van der Waals surface area contributed by atoms with Gasteiger partial charge in [-0.2, -0.15) is 0 Å². The average Bonchev–Trinajstić information content (AvgIpc) is 3.24. The van der Waals surface area contributed by atoms with Gasteiger partial charge in [-0.05, 0) is 11.1 Å². The number of ether oxygens (including phenoxy) is 1. The summed E-state index contributed by atoms with van der Waals surface area (Å²) in [6.45, 7) is 0. The van der Waals surface area contributed by atoms with Crippen molar-refractivity contribution in [2.24, 2.45) is 5.16 Å². The number of hydrogen-bond donors (Lipinski definition) is 1. The van der Waals surface area contributed by atoms with E-state index in [1.165, 1.54) is 7.11 Å². The predicted molar refractivity (Wildman–Crippen MR) is 116 cm³/mol. The minimum atomic E-state index is -0.713. The Balaban J connectivity index is 1.87. The zero-order chi connectivity index (χ0) is 21.3. The maximum absolute atomic E-state index is 13.0. The Labute approximate surface area is 182 Å². The second-order valence-electron chi connectivity index (χ2n) is 5.95. The number of halogens is 1. The van der Waals surface area contributed by atoms with Gasteiger partial charge in [-0.25, -0.2) is 9.78 Å². The molecule has 0 saturated carbocycles. The van der Waals surface area contributed by atoms with Crippen LogP contribution in [-0.2, 0) is 19.2 Å².